The van der Waals surface area contributed by atoms with Gasteiger partial charge in [0.1, 0.15) is 0 Å². The Balaban J connectivity index is 0.000000550. The number of aromatic nitrogens is 4. The number of tetrazole rings is 1. The fourth-order valence-electron chi connectivity index (χ4n) is 1.30. The number of benzene rings is 1. The predicted molar refractivity (Wildman–Crippen MR) is 66.3 cm³/mol. The van der Waals surface area contributed by atoms with E-state index < -0.39 is 0 Å². The number of rotatable bonds is 4. The van der Waals surface area contributed by atoms with E-state index in [1.54, 1.807) is 0 Å². The molecule has 1 aromatic carbocycles. The molecule has 0 saturated carbocycles. The standard InChI is InChI=1S/C10H11N5O.CH2O2/c16-9(11-10-12-14-15-13-10)7-6-8-4-2-1-3-5-8;2-1-3/h1-5H,6-7H2,(H2,11,12,13,14,15,16);1H,(H,2,3). The van der Waals surface area contributed by atoms with Crippen molar-refractivity contribution < 1.29 is 14.7 Å². The first-order valence-electron chi connectivity index (χ1n) is 5.41. The van der Waals surface area contributed by atoms with Gasteiger partial charge in [0.25, 0.3) is 12.4 Å². The van der Waals surface area contributed by atoms with Crippen molar-refractivity contribution in [1.29, 1.82) is 0 Å². The van der Waals surface area contributed by atoms with E-state index in [-0.39, 0.29) is 18.3 Å². The van der Waals surface area contributed by atoms with Crippen LogP contribution in [0.2, 0.25) is 0 Å². The van der Waals surface area contributed by atoms with Gasteiger partial charge in [0.05, 0.1) is 0 Å². The number of aryl methyl sites for hydroxylation is 1. The molecule has 0 bridgehead atoms. The molecule has 0 spiro atoms. The second-order valence-electron chi connectivity index (χ2n) is 3.37. The highest BCUT2D eigenvalue weighted by Crippen LogP contribution is 2.03. The van der Waals surface area contributed by atoms with Crippen LogP contribution in [0.5, 0.6) is 0 Å². The Morgan fingerprint density at radius 2 is 2.05 bits per heavy atom. The maximum atomic E-state index is 11.5. The summed E-state index contributed by atoms with van der Waals surface area (Å²) < 4.78 is 0. The molecule has 0 aliphatic rings. The van der Waals surface area contributed by atoms with Crippen LogP contribution < -0.4 is 5.32 Å². The number of carbonyl (C=O) groups excluding carboxylic acids is 1. The van der Waals surface area contributed by atoms with Crippen LogP contribution in [-0.4, -0.2) is 38.1 Å². The summed E-state index contributed by atoms with van der Waals surface area (Å²) in [6, 6.07) is 9.82. The number of carbonyl (C=O) groups is 2. The second kappa shape index (κ2) is 8.34. The molecule has 19 heavy (non-hydrogen) atoms. The fourth-order valence-corrected chi connectivity index (χ4v) is 1.30. The van der Waals surface area contributed by atoms with E-state index in [4.69, 9.17) is 9.90 Å². The Bertz CT molecular complexity index is 486. The third kappa shape index (κ3) is 5.91. The molecule has 0 unspecified atom stereocenters. The minimum absolute atomic E-state index is 0.120. The molecule has 0 aliphatic carbocycles. The van der Waals surface area contributed by atoms with Gasteiger partial charge in [-0.15, -0.1) is 5.10 Å². The van der Waals surface area contributed by atoms with Crippen LogP contribution >= 0.6 is 0 Å². The highest BCUT2D eigenvalue weighted by atomic mass is 16.3. The van der Waals surface area contributed by atoms with Gasteiger partial charge in [0.2, 0.25) is 5.91 Å². The number of H-pyrrole nitrogens is 1. The summed E-state index contributed by atoms with van der Waals surface area (Å²) in [5.74, 6) is 0.0864. The zero-order valence-electron chi connectivity index (χ0n) is 9.98. The third-order valence-corrected chi connectivity index (χ3v) is 2.08. The molecular formula is C11H13N5O3. The lowest BCUT2D eigenvalue weighted by molar-refractivity contribution is -0.123. The minimum atomic E-state index is -0.250. The predicted octanol–water partition coefficient (Wildman–Crippen LogP) is 0.472. The van der Waals surface area contributed by atoms with Crippen LogP contribution in [0.25, 0.3) is 0 Å². The molecule has 0 fully saturated rings. The van der Waals surface area contributed by atoms with Crippen molar-refractivity contribution in [3.05, 3.63) is 35.9 Å². The maximum absolute atomic E-state index is 11.5. The van der Waals surface area contributed by atoms with E-state index in [0.717, 1.165) is 5.56 Å². The van der Waals surface area contributed by atoms with Gasteiger partial charge >= 0.3 is 0 Å². The SMILES string of the molecule is O=C(CCc1ccccc1)Nc1nn[nH]n1.O=CO. The fraction of sp³-hybridized carbons (Fsp3) is 0.182. The van der Waals surface area contributed by atoms with Crippen LogP contribution in [0.3, 0.4) is 0 Å². The zero-order chi connectivity index (χ0) is 13.9. The highest BCUT2D eigenvalue weighted by Gasteiger charge is 2.05. The average molecular weight is 263 g/mol. The molecule has 100 valence electrons. The topological polar surface area (TPSA) is 121 Å². The number of nitrogens with zero attached hydrogens (tertiary/aromatic N) is 3. The molecule has 8 nitrogen and oxygen atoms in total. The molecular weight excluding hydrogens is 250 g/mol. The number of anilines is 1. The van der Waals surface area contributed by atoms with Gasteiger partial charge in [-0.2, -0.15) is 5.21 Å². The quantitative estimate of drug-likeness (QED) is 0.689. The van der Waals surface area contributed by atoms with Crippen molar-refractivity contribution in [3.63, 3.8) is 0 Å². The van der Waals surface area contributed by atoms with E-state index in [1.165, 1.54) is 0 Å². The van der Waals surface area contributed by atoms with Crippen LogP contribution in [0.15, 0.2) is 30.3 Å². The average Bonchev–Trinajstić information content (AvgIpc) is 2.91. The van der Waals surface area contributed by atoms with Crippen molar-refractivity contribution in [2.45, 2.75) is 12.8 Å². The number of nitrogens with one attached hydrogen (secondary N) is 2. The summed E-state index contributed by atoms with van der Waals surface area (Å²) in [5, 5.41) is 22.3. The van der Waals surface area contributed by atoms with Crippen LogP contribution in [0, 0.1) is 0 Å². The summed E-state index contributed by atoms with van der Waals surface area (Å²) >= 11 is 0. The van der Waals surface area contributed by atoms with E-state index >= 15 is 0 Å². The van der Waals surface area contributed by atoms with Crippen molar-refractivity contribution in [2.75, 3.05) is 5.32 Å². The molecule has 0 radical (unpaired) electrons. The monoisotopic (exact) mass is 263 g/mol. The lowest BCUT2D eigenvalue weighted by Crippen LogP contribution is -2.13. The van der Waals surface area contributed by atoms with Gasteiger partial charge in [0.15, 0.2) is 0 Å². The van der Waals surface area contributed by atoms with Gasteiger partial charge in [-0.05, 0) is 17.2 Å². The lowest BCUT2D eigenvalue weighted by atomic mass is 10.1. The number of hydrogen-bond donors (Lipinski definition) is 3. The first-order chi connectivity index (χ1) is 9.26. The molecule has 0 saturated heterocycles. The van der Waals surface area contributed by atoms with Crippen molar-refractivity contribution in [2.24, 2.45) is 0 Å². The van der Waals surface area contributed by atoms with Crippen molar-refractivity contribution in [1.82, 2.24) is 20.6 Å². The number of carboxylic acid groups (broad SMARTS) is 1. The van der Waals surface area contributed by atoms with Gasteiger partial charge in [-0.25, -0.2) is 0 Å². The third-order valence-electron chi connectivity index (χ3n) is 2.08. The van der Waals surface area contributed by atoms with Crippen molar-refractivity contribution in [3.8, 4) is 0 Å². The summed E-state index contributed by atoms with van der Waals surface area (Å²) in [7, 11) is 0. The summed E-state index contributed by atoms with van der Waals surface area (Å²) in [6.45, 7) is -0.250. The molecule has 0 atom stereocenters. The van der Waals surface area contributed by atoms with E-state index in [2.05, 4.69) is 25.9 Å². The largest absolute Gasteiger partial charge is 0.483 e. The highest BCUT2D eigenvalue weighted by molar-refractivity contribution is 5.88. The first kappa shape index (κ1) is 14.3. The van der Waals surface area contributed by atoms with Gasteiger partial charge < -0.3 is 5.11 Å². The minimum Gasteiger partial charge on any atom is -0.483 e. The first-order valence-corrected chi connectivity index (χ1v) is 5.41. The van der Waals surface area contributed by atoms with E-state index in [1.807, 2.05) is 30.3 Å². The van der Waals surface area contributed by atoms with Crippen LogP contribution in [0.1, 0.15) is 12.0 Å². The molecule has 0 aliphatic heterocycles. The Morgan fingerprint density at radius 1 is 1.37 bits per heavy atom. The van der Waals surface area contributed by atoms with Gasteiger partial charge in [0, 0.05) is 6.42 Å². The van der Waals surface area contributed by atoms with E-state index in [0.29, 0.717) is 12.8 Å². The molecule has 3 N–H and O–H groups in total. The summed E-state index contributed by atoms with van der Waals surface area (Å²) in [5.41, 5.74) is 1.13. The Morgan fingerprint density at radius 3 is 2.63 bits per heavy atom. The molecule has 2 rings (SSSR count). The number of hydrogen-bond acceptors (Lipinski definition) is 5. The lowest BCUT2D eigenvalue weighted by Gasteiger charge is -2.00. The van der Waals surface area contributed by atoms with Gasteiger partial charge in [-0.1, -0.05) is 35.4 Å². The number of amides is 1. The number of aromatic amines is 1. The Hall–Kier alpha value is -2.77. The van der Waals surface area contributed by atoms with E-state index in [9.17, 15) is 4.79 Å². The molecule has 8 heteroatoms. The normalized spacial score (nSPS) is 9.05. The summed E-state index contributed by atoms with van der Waals surface area (Å²) in [4.78, 5) is 19.8. The smallest absolute Gasteiger partial charge is 0.290 e. The molecule has 1 heterocycles. The molecule has 1 amide bonds. The Labute approximate surface area is 108 Å². The van der Waals surface area contributed by atoms with Crippen LogP contribution in [-0.2, 0) is 16.0 Å². The van der Waals surface area contributed by atoms with Crippen molar-refractivity contribution >= 4 is 18.3 Å². The molecule has 2 aromatic rings. The Kier molecular flexibility index (Phi) is 6.27. The summed E-state index contributed by atoms with van der Waals surface area (Å²) in [6.07, 6.45) is 1.10. The van der Waals surface area contributed by atoms with Gasteiger partial charge in [-0.3, -0.25) is 14.9 Å². The molecule has 1 aromatic heterocycles. The van der Waals surface area contributed by atoms with Crippen LogP contribution in [0.4, 0.5) is 5.95 Å². The maximum Gasteiger partial charge on any atom is 0.290 e. The second-order valence-corrected chi connectivity index (χ2v) is 3.37. The zero-order valence-corrected chi connectivity index (χ0v) is 9.98.